The zero-order chi connectivity index (χ0) is 8.81. The second-order valence-electron chi connectivity index (χ2n) is 2.92. The summed E-state index contributed by atoms with van der Waals surface area (Å²) in [5.41, 5.74) is 6.61. The standard InChI is InChI=1S/C8H16N4/c1-7(4-9)11-3-2-8-5-10-6-12-8/h5-7,11H,2-4,9H2,1H3,(H,10,12). The van der Waals surface area contributed by atoms with Gasteiger partial charge in [0.1, 0.15) is 0 Å². The van der Waals surface area contributed by atoms with Crippen LogP contribution in [0.2, 0.25) is 0 Å². The predicted octanol–water partition coefficient (Wildman–Crippen LogP) is -0.111. The van der Waals surface area contributed by atoms with E-state index in [-0.39, 0.29) is 0 Å². The van der Waals surface area contributed by atoms with Gasteiger partial charge in [-0.2, -0.15) is 0 Å². The number of nitrogens with two attached hydrogens (primary N) is 1. The molecule has 1 aromatic heterocycles. The number of imidazole rings is 1. The first-order chi connectivity index (χ1) is 5.83. The quantitative estimate of drug-likeness (QED) is 0.574. The molecule has 1 rings (SSSR count). The molecule has 4 heteroatoms. The molecule has 0 saturated carbocycles. The molecule has 0 aliphatic rings. The zero-order valence-corrected chi connectivity index (χ0v) is 7.38. The van der Waals surface area contributed by atoms with E-state index in [4.69, 9.17) is 5.73 Å². The first-order valence-corrected chi connectivity index (χ1v) is 4.23. The van der Waals surface area contributed by atoms with Crippen molar-refractivity contribution in [2.75, 3.05) is 13.1 Å². The van der Waals surface area contributed by atoms with Gasteiger partial charge < -0.3 is 16.0 Å². The second-order valence-corrected chi connectivity index (χ2v) is 2.92. The van der Waals surface area contributed by atoms with Crippen LogP contribution in [0.25, 0.3) is 0 Å². The van der Waals surface area contributed by atoms with Crippen molar-refractivity contribution in [3.8, 4) is 0 Å². The summed E-state index contributed by atoms with van der Waals surface area (Å²) in [4.78, 5) is 6.98. The summed E-state index contributed by atoms with van der Waals surface area (Å²) in [5, 5.41) is 3.30. The minimum absolute atomic E-state index is 0.396. The van der Waals surface area contributed by atoms with Crippen LogP contribution in [-0.2, 0) is 6.42 Å². The molecule has 1 aromatic rings. The van der Waals surface area contributed by atoms with Gasteiger partial charge in [0.2, 0.25) is 0 Å². The summed E-state index contributed by atoms with van der Waals surface area (Å²) in [6, 6.07) is 0.396. The number of nitrogens with zero attached hydrogens (tertiary/aromatic N) is 1. The van der Waals surface area contributed by atoms with E-state index in [1.54, 1.807) is 6.33 Å². The Balaban J connectivity index is 2.11. The third kappa shape index (κ3) is 3.02. The van der Waals surface area contributed by atoms with Crippen LogP contribution >= 0.6 is 0 Å². The van der Waals surface area contributed by atoms with Gasteiger partial charge in [0, 0.05) is 37.4 Å². The Morgan fingerprint density at radius 2 is 2.58 bits per heavy atom. The number of hydrogen-bond acceptors (Lipinski definition) is 3. The molecule has 0 aromatic carbocycles. The van der Waals surface area contributed by atoms with Crippen LogP contribution < -0.4 is 11.1 Å². The van der Waals surface area contributed by atoms with Gasteiger partial charge in [-0.05, 0) is 6.92 Å². The number of rotatable bonds is 5. The van der Waals surface area contributed by atoms with Gasteiger partial charge in [-0.3, -0.25) is 0 Å². The number of aromatic nitrogens is 2. The predicted molar refractivity (Wildman–Crippen MR) is 48.8 cm³/mol. The van der Waals surface area contributed by atoms with Crippen LogP contribution in [0.3, 0.4) is 0 Å². The van der Waals surface area contributed by atoms with Crippen LogP contribution in [0.5, 0.6) is 0 Å². The molecule has 0 saturated heterocycles. The summed E-state index contributed by atoms with van der Waals surface area (Å²) in [6.45, 7) is 3.70. The van der Waals surface area contributed by atoms with E-state index in [0.717, 1.165) is 18.7 Å². The van der Waals surface area contributed by atoms with E-state index in [2.05, 4.69) is 22.2 Å². The van der Waals surface area contributed by atoms with Crippen LogP contribution in [-0.4, -0.2) is 29.1 Å². The maximum Gasteiger partial charge on any atom is 0.0921 e. The van der Waals surface area contributed by atoms with Crippen LogP contribution in [0.15, 0.2) is 12.5 Å². The van der Waals surface area contributed by atoms with Crippen molar-refractivity contribution in [1.82, 2.24) is 15.3 Å². The SMILES string of the molecule is CC(CN)NCCc1cnc[nH]1. The lowest BCUT2D eigenvalue weighted by atomic mass is 10.3. The normalized spacial score (nSPS) is 13.2. The summed E-state index contributed by atoms with van der Waals surface area (Å²) < 4.78 is 0. The van der Waals surface area contributed by atoms with Gasteiger partial charge in [-0.1, -0.05) is 0 Å². The summed E-state index contributed by atoms with van der Waals surface area (Å²) in [6.07, 6.45) is 4.51. The van der Waals surface area contributed by atoms with Gasteiger partial charge in [0.15, 0.2) is 0 Å². The molecule has 4 nitrogen and oxygen atoms in total. The lowest BCUT2D eigenvalue weighted by Crippen LogP contribution is -2.34. The van der Waals surface area contributed by atoms with Gasteiger partial charge >= 0.3 is 0 Å². The molecular weight excluding hydrogens is 152 g/mol. The first-order valence-electron chi connectivity index (χ1n) is 4.23. The molecule has 68 valence electrons. The highest BCUT2D eigenvalue weighted by Crippen LogP contribution is 1.90. The maximum absolute atomic E-state index is 5.45. The Morgan fingerprint density at radius 3 is 3.17 bits per heavy atom. The van der Waals surface area contributed by atoms with Crippen LogP contribution in [0.4, 0.5) is 0 Å². The smallest absolute Gasteiger partial charge is 0.0921 e. The molecule has 1 atom stereocenters. The fourth-order valence-electron chi connectivity index (χ4n) is 0.958. The van der Waals surface area contributed by atoms with Crippen molar-refractivity contribution < 1.29 is 0 Å². The fourth-order valence-corrected chi connectivity index (χ4v) is 0.958. The number of aromatic amines is 1. The average Bonchev–Trinajstić information content (AvgIpc) is 2.57. The van der Waals surface area contributed by atoms with Crippen LogP contribution in [0, 0.1) is 0 Å². The molecular formula is C8H16N4. The van der Waals surface area contributed by atoms with Crippen molar-refractivity contribution in [2.24, 2.45) is 5.73 Å². The van der Waals surface area contributed by atoms with E-state index >= 15 is 0 Å². The number of H-pyrrole nitrogens is 1. The van der Waals surface area contributed by atoms with E-state index in [1.807, 2.05) is 6.20 Å². The van der Waals surface area contributed by atoms with Crippen molar-refractivity contribution in [1.29, 1.82) is 0 Å². The molecule has 1 unspecified atom stereocenters. The minimum atomic E-state index is 0.396. The van der Waals surface area contributed by atoms with E-state index < -0.39 is 0 Å². The first kappa shape index (κ1) is 9.22. The van der Waals surface area contributed by atoms with Gasteiger partial charge in [-0.25, -0.2) is 4.98 Å². The fraction of sp³-hybridized carbons (Fsp3) is 0.625. The monoisotopic (exact) mass is 168 g/mol. The molecule has 0 aliphatic carbocycles. The lowest BCUT2D eigenvalue weighted by molar-refractivity contribution is 0.557. The Labute approximate surface area is 72.6 Å². The largest absolute Gasteiger partial charge is 0.348 e. The topological polar surface area (TPSA) is 66.7 Å². The van der Waals surface area contributed by atoms with Crippen LogP contribution in [0.1, 0.15) is 12.6 Å². The molecule has 1 heterocycles. The Bertz CT molecular complexity index is 195. The number of nitrogens with one attached hydrogen (secondary N) is 2. The number of hydrogen-bond donors (Lipinski definition) is 3. The third-order valence-electron chi connectivity index (χ3n) is 1.80. The average molecular weight is 168 g/mol. The summed E-state index contributed by atoms with van der Waals surface area (Å²) in [5.74, 6) is 0. The highest BCUT2D eigenvalue weighted by atomic mass is 14.9. The van der Waals surface area contributed by atoms with Crippen molar-refractivity contribution in [3.63, 3.8) is 0 Å². The van der Waals surface area contributed by atoms with Crippen molar-refractivity contribution >= 4 is 0 Å². The molecule has 4 N–H and O–H groups in total. The molecule has 0 amide bonds. The molecule has 0 radical (unpaired) electrons. The molecule has 0 fully saturated rings. The second kappa shape index (κ2) is 4.90. The molecule has 0 bridgehead atoms. The Hall–Kier alpha value is -0.870. The van der Waals surface area contributed by atoms with Gasteiger partial charge in [0.25, 0.3) is 0 Å². The molecule has 0 aliphatic heterocycles. The lowest BCUT2D eigenvalue weighted by Gasteiger charge is -2.09. The minimum Gasteiger partial charge on any atom is -0.348 e. The molecule has 12 heavy (non-hydrogen) atoms. The van der Waals surface area contributed by atoms with E-state index in [9.17, 15) is 0 Å². The van der Waals surface area contributed by atoms with Crippen molar-refractivity contribution in [2.45, 2.75) is 19.4 Å². The maximum atomic E-state index is 5.45. The van der Waals surface area contributed by atoms with Gasteiger partial charge in [-0.15, -0.1) is 0 Å². The van der Waals surface area contributed by atoms with Crippen molar-refractivity contribution in [3.05, 3.63) is 18.2 Å². The molecule has 0 spiro atoms. The highest BCUT2D eigenvalue weighted by Gasteiger charge is 1.97. The van der Waals surface area contributed by atoms with E-state index in [0.29, 0.717) is 12.6 Å². The highest BCUT2D eigenvalue weighted by molar-refractivity contribution is 4.94. The summed E-state index contributed by atoms with van der Waals surface area (Å²) in [7, 11) is 0. The van der Waals surface area contributed by atoms with E-state index in [1.165, 1.54) is 0 Å². The Morgan fingerprint density at radius 1 is 1.75 bits per heavy atom. The zero-order valence-electron chi connectivity index (χ0n) is 7.38. The van der Waals surface area contributed by atoms with Gasteiger partial charge in [0.05, 0.1) is 6.33 Å². The Kier molecular flexibility index (Phi) is 3.76. The third-order valence-corrected chi connectivity index (χ3v) is 1.80. The summed E-state index contributed by atoms with van der Waals surface area (Å²) >= 11 is 0.